The van der Waals surface area contributed by atoms with Crippen molar-refractivity contribution in [2.24, 2.45) is 0 Å². The number of nitrogens with one attached hydrogen (secondary N) is 1. The van der Waals surface area contributed by atoms with Gasteiger partial charge in [-0.15, -0.1) is 0 Å². The lowest BCUT2D eigenvalue weighted by molar-refractivity contribution is 0.0152. The molecule has 0 aliphatic carbocycles. The van der Waals surface area contributed by atoms with Crippen LogP contribution < -0.4 is 5.32 Å². The Morgan fingerprint density at radius 1 is 1.16 bits per heavy atom. The van der Waals surface area contributed by atoms with E-state index in [-0.39, 0.29) is 5.91 Å². The molecule has 1 N–H and O–H groups in total. The van der Waals surface area contributed by atoms with Gasteiger partial charge in [0.25, 0.3) is 5.91 Å². The smallest absolute Gasteiger partial charge is 0.251 e. The van der Waals surface area contributed by atoms with Crippen molar-refractivity contribution in [3.63, 3.8) is 0 Å². The van der Waals surface area contributed by atoms with Gasteiger partial charge in [0, 0.05) is 44.5 Å². The second-order valence-electron chi connectivity index (χ2n) is 7.30. The first kappa shape index (κ1) is 18.4. The van der Waals surface area contributed by atoms with E-state index in [0.717, 1.165) is 31.4 Å². The zero-order chi connectivity index (χ0) is 17.6. The van der Waals surface area contributed by atoms with Crippen LogP contribution in [0, 0.1) is 0 Å². The van der Waals surface area contributed by atoms with Crippen LogP contribution in [-0.4, -0.2) is 68.2 Å². The normalized spacial score (nSPS) is 20.8. The number of hydrogen-bond acceptors (Lipinski definition) is 4. The molecular formula is C20H31N3O2. The third kappa shape index (κ3) is 4.81. The van der Waals surface area contributed by atoms with Crippen LogP contribution >= 0.6 is 0 Å². The summed E-state index contributed by atoms with van der Waals surface area (Å²) in [4.78, 5) is 16.8. The van der Waals surface area contributed by atoms with Gasteiger partial charge in [-0.1, -0.05) is 12.1 Å². The van der Waals surface area contributed by atoms with E-state index >= 15 is 0 Å². The van der Waals surface area contributed by atoms with Crippen LogP contribution in [0.15, 0.2) is 24.3 Å². The lowest BCUT2D eigenvalue weighted by Gasteiger charge is -2.41. The SMILES string of the molecule is CNC(=O)c1ccc(CN(C)C2CCN(C3CCOCC3)CC2)cc1. The highest BCUT2D eigenvalue weighted by molar-refractivity contribution is 5.93. The van der Waals surface area contributed by atoms with Crippen molar-refractivity contribution in [2.45, 2.75) is 44.3 Å². The van der Waals surface area contributed by atoms with Crippen molar-refractivity contribution in [2.75, 3.05) is 40.4 Å². The lowest BCUT2D eigenvalue weighted by atomic mass is 9.98. The number of likely N-dealkylation sites (tertiary alicyclic amines) is 1. The standard InChI is InChI=1S/C20H31N3O2/c1-21-20(24)17-5-3-16(4-6-17)15-22(2)18-7-11-23(12-8-18)19-9-13-25-14-10-19/h3-6,18-19H,7-15H2,1-2H3,(H,21,24). The zero-order valence-electron chi connectivity index (χ0n) is 15.5. The summed E-state index contributed by atoms with van der Waals surface area (Å²) in [7, 11) is 3.89. The van der Waals surface area contributed by atoms with Crippen LogP contribution in [0.2, 0.25) is 0 Å². The van der Waals surface area contributed by atoms with Crippen LogP contribution in [0.25, 0.3) is 0 Å². The number of benzene rings is 1. The molecule has 2 aliphatic heterocycles. The Balaban J connectivity index is 1.47. The van der Waals surface area contributed by atoms with Crippen molar-refractivity contribution >= 4 is 5.91 Å². The molecule has 25 heavy (non-hydrogen) atoms. The minimum Gasteiger partial charge on any atom is -0.381 e. The van der Waals surface area contributed by atoms with Crippen LogP contribution in [0.1, 0.15) is 41.6 Å². The fourth-order valence-corrected chi connectivity index (χ4v) is 4.06. The zero-order valence-corrected chi connectivity index (χ0v) is 15.5. The van der Waals surface area contributed by atoms with Crippen molar-refractivity contribution in [1.82, 2.24) is 15.1 Å². The predicted octanol–water partition coefficient (Wildman–Crippen LogP) is 2.12. The highest BCUT2D eigenvalue weighted by atomic mass is 16.5. The van der Waals surface area contributed by atoms with Gasteiger partial charge in [0.15, 0.2) is 0 Å². The van der Waals surface area contributed by atoms with Crippen molar-refractivity contribution in [3.05, 3.63) is 35.4 Å². The Labute approximate surface area is 151 Å². The molecule has 2 heterocycles. The van der Waals surface area contributed by atoms with Crippen LogP contribution in [0.3, 0.4) is 0 Å². The summed E-state index contributed by atoms with van der Waals surface area (Å²) >= 11 is 0. The average molecular weight is 345 g/mol. The minimum atomic E-state index is -0.0274. The first-order chi connectivity index (χ1) is 12.2. The van der Waals surface area contributed by atoms with Gasteiger partial charge >= 0.3 is 0 Å². The summed E-state index contributed by atoms with van der Waals surface area (Å²) < 4.78 is 5.49. The first-order valence-electron chi connectivity index (χ1n) is 9.50. The number of rotatable bonds is 5. The largest absolute Gasteiger partial charge is 0.381 e. The van der Waals surface area contributed by atoms with Crippen LogP contribution in [-0.2, 0) is 11.3 Å². The van der Waals surface area contributed by atoms with Crippen molar-refractivity contribution in [1.29, 1.82) is 0 Å². The summed E-state index contributed by atoms with van der Waals surface area (Å²) in [6.07, 6.45) is 4.87. The monoisotopic (exact) mass is 345 g/mol. The Kier molecular flexibility index (Phi) is 6.45. The number of ether oxygens (including phenoxy) is 1. The first-order valence-corrected chi connectivity index (χ1v) is 9.50. The molecule has 1 aromatic carbocycles. The molecule has 0 spiro atoms. The molecule has 5 heteroatoms. The van der Waals surface area contributed by atoms with Crippen LogP contribution in [0.4, 0.5) is 0 Å². The van der Waals surface area contributed by atoms with Crippen molar-refractivity contribution < 1.29 is 9.53 Å². The summed E-state index contributed by atoms with van der Waals surface area (Å²) in [6.45, 7) is 5.20. The molecule has 2 aliphatic rings. The van der Waals surface area contributed by atoms with Gasteiger partial charge in [0.1, 0.15) is 0 Å². The number of amides is 1. The van der Waals surface area contributed by atoms with Gasteiger partial charge in [-0.2, -0.15) is 0 Å². The summed E-state index contributed by atoms with van der Waals surface area (Å²) in [6, 6.07) is 9.34. The summed E-state index contributed by atoms with van der Waals surface area (Å²) in [5.41, 5.74) is 1.99. The van der Waals surface area contributed by atoms with E-state index in [0.29, 0.717) is 6.04 Å². The Morgan fingerprint density at radius 3 is 2.40 bits per heavy atom. The second-order valence-corrected chi connectivity index (χ2v) is 7.30. The molecule has 138 valence electrons. The molecule has 2 saturated heterocycles. The Bertz CT molecular complexity index is 547. The molecule has 3 rings (SSSR count). The fourth-order valence-electron chi connectivity index (χ4n) is 4.06. The van der Waals surface area contributed by atoms with E-state index in [1.165, 1.54) is 44.3 Å². The quantitative estimate of drug-likeness (QED) is 0.888. The van der Waals surface area contributed by atoms with Gasteiger partial charge < -0.3 is 15.0 Å². The molecular weight excluding hydrogens is 314 g/mol. The number of piperidine rings is 1. The van der Waals surface area contributed by atoms with Gasteiger partial charge in [-0.3, -0.25) is 9.69 Å². The summed E-state index contributed by atoms with van der Waals surface area (Å²) in [5.74, 6) is -0.0274. The number of nitrogens with zero attached hydrogens (tertiary/aromatic N) is 2. The second kappa shape index (κ2) is 8.79. The average Bonchev–Trinajstić information content (AvgIpc) is 2.68. The van der Waals surface area contributed by atoms with E-state index < -0.39 is 0 Å². The molecule has 0 unspecified atom stereocenters. The van der Waals surface area contributed by atoms with Crippen LogP contribution in [0.5, 0.6) is 0 Å². The van der Waals surface area contributed by atoms with E-state index in [9.17, 15) is 4.79 Å². The molecule has 0 saturated carbocycles. The molecule has 1 amide bonds. The third-order valence-corrected chi connectivity index (χ3v) is 5.70. The predicted molar refractivity (Wildman–Crippen MR) is 99.7 cm³/mol. The Hall–Kier alpha value is -1.43. The van der Waals surface area contributed by atoms with Gasteiger partial charge in [-0.05, 0) is 63.5 Å². The molecule has 0 radical (unpaired) electrons. The maximum Gasteiger partial charge on any atom is 0.251 e. The maximum atomic E-state index is 11.6. The van der Waals surface area contributed by atoms with E-state index in [1.54, 1.807) is 7.05 Å². The minimum absolute atomic E-state index is 0.0274. The highest BCUT2D eigenvalue weighted by Gasteiger charge is 2.28. The third-order valence-electron chi connectivity index (χ3n) is 5.70. The fraction of sp³-hybridized carbons (Fsp3) is 0.650. The van der Waals surface area contributed by atoms with Crippen molar-refractivity contribution in [3.8, 4) is 0 Å². The maximum absolute atomic E-state index is 11.6. The number of carbonyl (C=O) groups excluding carboxylic acids is 1. The lowest BCUT2D eigenvalue weighted by Crippen LogP contribution is -2.48. The summed E-state index contributed by atoms with van der Waals surface area (Å²) in [5, 5.41) is 2.66. The molecule has 2 fully saturated rings. The highest BCUT2D eigenvalue weighted by Crippen LogP contribution is 2.23. The van der Waals surface area contributed by atoms with Gasteiger partial charge in [0.05, 0.1) is 0 Å². The molecule has 1 aromatic rings. The van der Waals surface area contributed by atoms with E-state index in [1.807, 2.05) is 12.1 Å². The molecule has 0 bridgehead atoms. The number of hydrogen-bond donors (Lipinski definition) is 1. The van der Waals surface area contributed by atoms with Gasteiger partial charge in [0.2, 0.25) is 0 Å². The van der Waals surface area contributed by atoms with E-state index in [4.69, 9.17) is 4.74 Å². The molecule has 0 atom stereocenters. The van der Waals surface area contributed by atoms with Gasteiger partial charge in [-0.25, -0.2) is 0 Å². The number of carbonyl (C=O) groups is 1. The Morgan fingerprint density at radius 2 is 1.80 bits per heavy atom. The van der Waals surface area contributed by atoms with E-state index in [2.05, 4.69) is 34.3 Å². The topological polar surface area (TPSA) is 44.8 Å². The molecule has 0 aromatic heterocycles. The molecule has 5 nitrogen and oxygen atoms in total.